The molecule has 1 saturated heterocycles. The molecule has 0 N–H and O–H groups in total. The molecule has 2 aliphatic heterocycles. The molecule has 2 atom stereocenters. The van der Waals surface area contributed by atoms with Gasteiger partial charge in [0.1, 0.15) is 0 Å². The van der Waals surface area contributed by atoms with Crippen molar-refractivity contribution in [3.63, 3.8) is 0 Å². The standard InChI is InChI=1S/C28H35N5O4/c1-3-36-24-10-9-21(19-25(24)37-4-2)26-22-7-5-6-8-23(22)28(35)33(30-26)32-17-15-31(16-18-32)27(34)20-11-13-29-14-12-20/h9-14,19,22-23H,3-8,15-18H2,1-2H3. The van der Waals surface area contributed by atoms with Gasteiger partial charge in [0.2, 0.25) is 0 Å². The molecule has 0 radical (unpaired) electrons. The summed E-state index contributed by atoms with van der Waals surface area (Å²) in [4.78, 5) is 32.3. The zero-order valence-electron chi connectivity index (χ0n) is 21.6. The molecule has 3 aliphatic rings. The minimum absolute atomic E-state index is 0.0126. The van der Waals surface area contributed by atoms with E-state index in [1.165, 1.54) is 0 Å². The van der Waals surface area contributed by atoms with E-state index in [0.717, 1.165) is 37.0 Å². The van der Waals surface area contributed by atoms with Crippen LogP contribution in [0.1, 0.15) is 55.5 Å². The Morgan fingerprint density at radius 3 is 2.30 bits per heavy atom. The predicted octanol–water partition coefficient (Wildman–Crippen LogP) is 3.60. The van der Waals surface area contributed by atoms with Crippen molar-refractivity contribution in [2.24, 2.45) is 16.9 Å². The molecule has 0 spiro atoms. The average molecular weight is 506 g/mol. The smallest absolute Gasteiger partial charge is 0.261 e. The summed E-state index contributed by atoms with van der Waals surface area (Å²) >= 11 is 0. The van der Waals surface area contributed by atoms with Crippen molar-refractivity contribution in [2.45, 2.75) is 39.5 Å². The second kappa shape index (κ2) is 11.3. The minimum atomic E-state index is -0.0835. The van der Waals surface area contributed by atoms with E-state index < -0.39 is 0 Å². The van der Waals surface area contributed by atoms with Gasteiger partial charge in [-0.25, -0.2) is 0 Å². The van der Waals surface area contributed by atoms with Gasteiger partial charge in [0.25, 0.3) is 11.8 Å². The Kier molecular flexibility index (Phi) is 7.69. The largest absolute Gasteiger partial charge is 0.490 e. The average Bonchev–Trinajstić information content (AvgIpc) is 2.95. The van der Waals surface area contributed by atoms with Crippen molar-refractivity contribution in [1.82, 2.24) is 20.0 Å². The lowest BCUT2D eigenvalue weighted by molar-refractivity contribution is -0.161. The van der Waals surface area contributed by atoms with Crippen LogP contribution in [-0.2, 0) is 4.79 Å². The molecule has 9 nitrogen and oxygen atoms in total. The summed E-state index contributed by atoms with van der Waals surface area (Å²) in [6, 6.07) is 9.43. The van der Waals surface area contributed by atoms with Crippen molar-refractivity contribution in [3.8, 4) is 11.5 Å². The molecule has 0 bridgehead atoms. The second-order valence-electron chi connectivity index (χ2n) is 9.62. The molecule has 2 unspecified atom stereocenters. The number of hydrazine groups is 1. The molecule has 37 heavy (non-hydrogen) atoms. The van der Waals surface area contributed by atoms with E-state index in [1.807, 2.05) is 42.0 Å². The number of hydrazone groups is 1. The number of fused-ring (bicyclic) bond motifs is 1. The topological polar surface area (TPSA) is 87.6 Å². The van der Waals surface area contributed by atoms with Gasteiger partial charge in [-0.15, -0.1) is 0 Å². The third-order valence-corrected chi connectivity index (χ3v) is 7.41. The van der Waals surface area contributed by atoms with Gasteiger partial charge in [0.05, 0.1) is 18.9 Å². The summed E-state index contributed by atoms with van der Waals surface area (Å²) in [5.74, 6) is 1.48. The summed E-state index contributed by atoms with van der Waals surface area (Å²) in [5.41, 5.74) is 2.53. The molecule has 1 aromatic carbocycles. The molecule has 1 saturated carbocycles. The highest BCUT2D eigenvalue weighted by molar-refractivity contribution is 6.07. The van der Waals surface area contributed by atoms with Gasteiger partial charge in [-0.05, 0) is 57.0 Å². The van der Waals surface area contributed by atoms with E-state index in [4.69, 9.17) is 14.6 Å². The van der Waals surface area contributed by atoms with Crippen LogP contribution in [-0.4, -0.2) is 76.9 Å². The molecule has 1 aromatic heterocycles. The number of hydrogen-bond acceptors (Lipinski definition) is 7. The van der Waals surface area contributed by atoms with Gasteiger partial charge < -0.3 is 14.4 Å². The number of aromatic nitrogens is 1. The first-order valence-corrected chi connectivity index (χ1v) is 13.4. The number of ether oxygens (including phenoxy) is 2. The van der Waals surface area contributed by atoms with Crippen LogP contribution in [0.3, 0.4) is 0 Å². The maximum absolute atomic E-state index is 13.6. The fraction of sp³-hybridized carbons (Fsp3) is 0.500. The highest BCUT2D eigenvalue weighted by Crippen LogP contribution is 2.39. The summed E-state index contributed by atoms with van der Waals surface area (Å²) in [6.45, 7) is 7.15. The van der Waals surface area contributed by atoms with E-state index in [-0.39, 0.29) is 23.7 Å². The van der Waals surface area contributed by atoms with E-state index >= 15 is 0 Å². The Morgan fingerprint density at radius 1 is 0.919 bits per heavy atom. The first-order chi connectivity index (χ1) is 18.1. The number of nitrogens with zero attached hydrogens (tertiary/aromatic N) is 5. The van der Waals surface area contributed by atoms with Crippen LogP contribution in [0, 0.1) is 11.8 Å². The Morgan fingerprint density at radius 2 is 1.59 bits per heavy atom. The summed E-state index contributed by atoms with van der Waals surface area (Å²) in [6.07, 6.45) is 7.23. The molecule has 2 amide bonds. The Labute approximate surface area is 218 Å². The number of benzene rings is 1. The van der Waals surface area contributed by atoms with Crippen molar-refractivity contribution in [1.29, 1.82) is 0 Å². The molecule has 3 heterocycles. The highest BCUT2D eigenvalue weighted by atomic mass is 16.5. The van der Waals surface area contributed by atoms with Gasteiger partial charge in [-0.2, -0.15) is 15.2 Å². The van der Waals surface area contributed by atoms with Crippen LogP contribution in [0.5, 0.6) is 11.5 Å². The molecule has 9 heteroatoms. The van der Waals surface area contributed by atoms with Crippen LogP contribution >= 0.6 is 0 Å². The Bertz CT molecular complexity index is 1150. The quantitative estimate of drug-likeness (QED) is 0.571. The summed E-state index contributed by atoms with van der Waals surface area (Å²) in [7, 11) is 0. The third-order valence-electron chi connectivity index (χ3n) is 7.41. The van der Waals surface area contributed by atoms with Gasteiger partial charge in [0, 0.05) is 61.5 Å². The fourth-order valence-electron chi connectivity index (χ4n) is 5.58. The third kappa shape index (κ3) is 5.18. The van der Waals surface area contributed by atoms with Crippen molar-refractivity contribution in [3.05, 3.63) is 53.9 Å². The summed E-state index contributed by atoms with van der Waals surface area (Å²) < 4.78 is 11.6. The molecular weight excluding hydrogens is 470 g/mol. The molecule has 2 aromatic rings. The van der Waals surface area contributed by atoms with Crippen LogP contribution in [0.4, 0.5) is 0 Å². The number of pyridine rings is 1. The van der Waals surface area contributed by atoms with E-state index in [9.17, 15) is 9.59 Å². The zero-order valence-corrected chi connectivity index (χ0v) is 21.6. The molecular formula is C28H35N5O4. The van der Waals surface area contributed by atoms with Crippen molar-refractivity contribution >= 4 is 17.5 Å². The normalized spacial score (nSPS) is 22.3. The first kappa shape index (κ1) is 25.2. The molecule has 1 aliphatic carbocycles. The molecule has 196 valence electrons. The zero-order chi connectivity index (χ0) is 25.8. The summed E-state index contributed by atoms with van der Waals surface area (Å²) in [5, 5.41) is 8.54. The van der Waals surface area contributed by atoms with Gasteiger partial charge in [-0.1, -0.05) is 12.8 Å². The Balaban J connectivity index is 1.40. The lowest BCUT2D eigenvalue weighted by Gasteiger charge is -2.44. The van der Waals surface area contributed by atoms with Gasteiger partial charge >= 0.3 is 0 Å². The fourth-order valence-corrected chi connectivity index (χ4v) is 5.58. The van der Waals surface area contributed by atoms with Gasteiger partial charge in [0.15, 0.2) is 11.5 Å². The lowest BCUT2D eigenvalue weighted by atomic mass is 9.73. The van der Waals surface area contributed by atoms with E-state index in [1.54, 1.807) is 29.6 Å². The number of rotatable bonds is 7. The van der Waals surface area contributed by atoms with Crippen LogP contribution < -0.4 is 9.47 Å². The van der Waals surface area contributed by atoms with E-state index in [2.05, 4.69) is 4.98 Å². The van der Waals surface area contributed by atoms with Crippen molar-refractivity contribution < 1.29 is 19.1 Å². The number of carbonyl (C=O) groups excluding carboxylic acids is 2. The predicted molar refractivity (Wildman–Crippen MR) is 139 cm³/mol. The number of piperazine rings is 1. The first-order valence-electron chi connectivity index (χ1n) is 13.4. The van der Waals surface area contributed by atoms with Crippen LogP contribution in [0.15, 0.2) is 47.8 Å². The van der Waals surface area contributed by atoms with Crippen molar-refractivity contribution in [2.75, 3.05) is 39.4 Å². The maximum atomic E-state index is 13.6. The SMILES string of the molecule is CCOc1ccc(C2=NN(N3CCN(C(=O)c4ccncc4)CC3)C(=O)C3CCCCC23)cc1OCC. The highest BCUT2D eigenvalue weighted by Gasteiger charge is 2.43. The lowest BCUT2D eigenvalue weighted by Crippen LogP contribution is -2.58. The molecule has 2 fully saturated rings. The number of amides is 2. The van der Waals surface area contributed by atoms with Crippen LogP contribution in [0.25, 0.3) is 0 Å². The monoisotopic (exact) mass is 505 g/mol. The number of carbonyl (C=O) groups is 2. The number of hydrogen-bond donors (Lipinski definition) is 0. The van der Waals surface area contributed by atoms with Crippen LogP contribution in [0.2, 0.25) is 0 Å². The van der Waals surface area contributed by atoms with Gasteiger partial charge in [-0.3, -0.25) is 14.6 Å². The molecule has 5 rings (SSSR count). The second-order valence-corrected chi connectivity index (χ2v) is 9.62. The van der Waals surface area contributed by atoms with E-state index in [0.29, 0.717) is 56.5 Å². The minimum Gasteiger partial charge on any atom is -0.490 e. The Hall–Kier alpha value is -3.46. The maximum Gasteiger partial charge on any atom is 0.261 e.